The maximum Gasteiger partial charge on any atom is 0.244 e. The molecule has 0 fully saturated rings. The topological polar surface area (TPSA) is 61.8 Å². The molecule has 156 valence electrons. The lowest BCUT2D eigenvalue weighted by Crippen LogP contribution is -2.38. The van der Waals surface area contributed by atoms with E-state index in [1.807, 2.05) is 37.3 Å². The smallest absolute Gasteiger partial charge is 0.244 e. The Bertz CT molecular complexity index is 1190. The van der Waals surface area contributed by atoms with Crippen LogP contribution in [0.3, 0.4) is 0 Å². The molecule has 7 heteroatoms. The van der Waals surface area contributed by atoms with Crippen LogP contribution in [0.15, 0.2) is 71.7 Å². The minimum absolute atomic E-state index is 0.0692. The number of fused-ring (bicyclic) bond motifs is 1. The molecule has 0 bridgehead atoms. The zero-order valence-corrected chi connectivity index (χ0v) is 18.2. The number of nitrogens with zero attached hydrogens (tertiary/aromatic N) is 2. The fourth-order valence-corrected chi connectivity index (χ4v) is 3.70. The van der Waals surface area contributed by atoms with Gasteiger partial charge in [-0.25, -0.2) is 0 Å². The summed E-state index contributed by atoms with van der Waals surface area (Å²) in [5, 5.41) is 4.03. The van der Waals surface area contributed by atoms with Crippen LogP contribution >= 0.6 is 23.2 Å². The lowest BCUT2D eigenvalue weighted by Gasteiger charge is -2.22. The highest BCUT2D eigenvalue weighted by Gasteiger charge is 2.26. The van der Waals surface area contributed by atoms with Gasteiger partial charge in [0, 0.05) is 15.7 Å². The predicted molar refractivity (Wildman–Crippen MR) is 126 cm³/mol. The number of benzene rings is 3. The molecule has 0 radical (unpaired) electrons. The van der Waals surface area contributed by atoms with Crippen LogP contribution < -0.4 is 10.2 Å². The first-order valence-corrected chi connectivity index (χ1v) is 10.5. The Labute approximate surface area is 190 Å². The van der Waals surface area contributed by atoms with Crippen molar-refractivity contribution in [2.75, 3.05) is 16.8 Å². The Morgan fingerprint density at radius 2 is 1.77 bits per heavy atom. The van der Waals surface area contributed by atoms with E-state index in [0.717, 1.165) is 11.1 Å². The molecular weight excluding hydrogens is 433 g/mol. The molecule has 0 spiro atoms. The molecule has 5 nitrogen and oxygen atoms in total. The second kappa shape index (κ2) is 8.92. The van der Waals surface area contributed by atoms with Crippen molar-refractivity contribution in [3.05, 3.63) is 87.9 Å². The SMILES string of the molecule is Cc1c(Cl)cccc1NC(=O)CN1C(=O)CC(c2ccc(Cl)cc2)=Nc2ccccc21. The first-order chi connectivity index (χ1) is 14.9. The van der Waals surface area contributed by atoms with Crippen LogP contribution in [-0.4, -0.2) is 24.1 Å². The number of hydrogen-bond acceptors (Lipinski definition) is 3. The molecule has 1 heterocycles. The van der Waals surface area contributed by atoms with E-state index in [-0.39, 0.29) is 24.8 Å². The monoisotopic (exact) mass is 451 g/mol. The van der Waals surface area contributed by atoms with E-state index in [2.05, 4.69) is 5.32 Å². The Balaban J connectivity index is 1.61. The van der Waals surface area contributed by atoms with Crippen LogP contribution in [0.1, 0.15) is 17.5 Å². The molecule has 0 saturated heterocycles. The normalized spacial score (nSPS) is 13.3. The molecule has 1 aliphatic rings. The molecule has 3 aromatic carbocycles. The lowest BCUT2D eigenvalue weighted by atomic mass is 10.1. The summed E-state index contributed by atoms with van der Waals surface area (Å²) in [6.07, 6.45) is 0.0692. The van der Waals surface area contributed by atoms with Crippen molar-refractivity contribution in [1.82, 2.24) is 0 Å². The van der Waals surface area contributed by atoms with Crippen LogP contribution in [0.25, 0.3) is 0 Å². The highest BCUT2D eigenvalue weighted by Crippen LogP contribution is 2.33. The number of carbonyl (C=O) groups is 2. The van der Waals surface area contributed by atoms with Crippen molar-refractivity contribution in [2.24, 2.45) is 4.99 Å². The number of amides is 2. The second-order valence-electron chi connectivity index (χ2n) is 7.17. The number of hydrogen-bond donors (Lipinski definition) is 1. The number of para-hydroxylation sites is 2. The minimum Gasteiger partial charge on any atom is -0.324 e. The largest absolute Gasteiger partial charge is 0.324 e. The van der Waals surface area contributed by atoms with Crippen molar-refractivity contribution in [3.8, 4) is 0 Å². The van der Waals surface area contributed by atoms with Crippen molar-refractivity contribution < 1.29 is 9.59 Å². The van der Waals surface area contributed by atoms with Crippen molar-refractivity contribution in [2.45, 2.75) is 13.3 Å². The predicted octanol–water partition coefficient (Wildman–Crippen LogP) is 5.80. The summed E-state index contributed by atoms with van der Waals surface area (Å²) < 4.78 is 0. The maximum atomic E-state index is 13.2. The van der Waals surface area contributed by atoms with Crippen LogP contribution in [0.2, 0.25) is 10.0 Å². The van der Waals surface area contributed by atoms with E-state index >= 15 is 0 Å². The van der Waals surface area contributed by atoms with Gasteiger partial charge in [-0.1, -0.05) is 53.5 Å². The molecule has 0 atom stereocenters. The molecule has 0 unspecified atom stereocenters. The van der Waals surface area contributed by atoms with E-state index in [0.29, 0.717) is 32.8 Å². The zero-order chi connectivity index (χ0) is 22.0. The third-order valence-electron chi connectivity index (χ3n) is 5.07. The fourth-order valence-electron chi connectivity index (χ4n) is 3.40. The maximum absolute atomic E-state index is 13.2. The summed E-state index contributed by atoms with van der Waals surface area (Å²) in [4.78, 5) is 32.1. The minimum atomic E-state index is -0.316. The standard InChI is InChI=1S/C24H19Cl2N3O2/c1-15-18(26)5-4-7-19(15)28-23(30)14-29-22-8-3-2-6-20(22)27-21(13-24(29)31)16-9-11-17(25)12-10-16/h2-12H,13-14H2,1H3,(H,28,30). The Hall–Kier alpha value is -3.15. The highest BCUT2D eigenvalue weighted by molar-refractivity contribution is 6.32. The molecule has 0 saturated carbocycles. The van der Waals surface area contributed by atoms with Gasteiger partial charge in [0.05, 0.1) is 23.5 Å². The summed E-state index contributed by atoms with van der Waals surface area (Å²) in [6.45, 7) is 1.70. The van der Waals surface area contributed by atoms with Crippen molar-refractivity contribution >= 4 is 57.8 Å². The van der Waals surface area contributed by atoms with Gasteiger partial charge in [0.1, 0.15) is 6.54 Å². The summed E-state index contributed by atoms with van der Waals surface area (Å²) >= 11 is 12.1. The van der Waals surface area contributed by atoms with Gasteiger partial charge in [-0.05, 0) is 54.4 Å². The van der Waals surface area contributed by atoms with E-state index < -0.39 is 0 Å². The van der Waals surface area contributed by atoms with Gasteiger partial charge in [-0.3, -0.25) is 14.6 Å². The number of anilines is 2. The summed E-state index contributed by atoms with van der Waals surface area (Å²) in [5.74, 6) is -0.528. The third-order valence-corrected chi connectivity index (χ3v) is 5.73. The number of rotatable bonds is 4. The summed E-state index contributed by atoms with van der Waals surface area (Å²) in [7, 11) is 0. The molecular formula is C24H19Cl2N3O2. The molecule has 1 aliphatic heterocycles. The van der Waals surface area contributed by atoms with Gasteiger partial charge in [-0.2, -0.15) is 0 Å². The van der Waals surface area contributed by atoms with Crippen molar-refractivity contribution in [1.29, 1.82) is 0 Å². The molecule has 2 amide bonds. The zero-order valence-electron chi connectivity index (χ0n) is 16.7. The number of nitrogens with one attached hydrogen (secondary N) is 1. The van der Waals surface area contributed by atoms with Gasteiger partial charge in [0.15, 0.2) is 0 Å². The van der Waals surface area contributed by atoms with Gasteiger partial charge >= 0.3 is 0 Å². The van der Waals surface area contributed by atoms with Gasteiger partial charge < -0.3 is 10.2 Å². The lowest BCUT2D eigenvalue weighted by molar-refractivity contribution is -0.120. The Morgan fingerprint density at radius 1 is 1.03 bits per heavy atom. The average Bonchev–Trinajstić information content (AvgIpc) is 2.89. The number of carbonyl (C=O) groups excluding carboxylic acids is 2. The Morgan fingerprint density at radius 3 is 2.55 bits per heavy atom. The molecule has 3 aromatic rings. The van der Waals surface area contributed by atoms with Crippen LogP contribution in [0.4, 0.5) is 17.1 Å². The van der Waals surface area contributed by atoms with E-state index in [1.54, 1.807) is 36.4 Å². The Kier molecular flexibility index (Phi) is 6.07. The molecule has 0 aliphatic carbocycles. The average molecular weight is 452 g/mol. The molecule has 1 N–H and O–H groups in total. The van der Waals surface area contributed by atoms with Gasteiger partial charge in [-0.15, -0.1) is 0 Å². The van der Waals surface area contributed by atoms with Crippen LogP contribution in [-0.2, 0) is 9.59 Å². The van der Waals surface area contributed by atoms with E-state index in [1.165, 1.54) is 4.90 Å². The van der Waals surface area contributed by atoms with E-state index in [4.69, 9.17) is 28.2 Å². The third kappa shape index (κ3) is 4.63. The second-order valence-corrected chi connectivity index (χ2v) is 8.01. The highest BCUT2D eigenvalue weighted by atomic mass is 35.5. The number of aliphatic imine (C=N–C) groups is 1. The molecule has 31 heavy (non-hydrogen) atoms. The number of halogens is 2. The van der Waals surface area contributed by atoms with E-state index in [9.17, 15) is 9.59 Å². The summed E-state index contributed by atoms with van der Waals surface area (Å²) in [6, 6.07) is 19.8. The van der Waals surface area contributed by atoms with Gasteiger partial charge in [0.25, 0.3) is 0 Å². The molecule has 0 aromatic heterocycles. The van der Waals surface area contributed by atoms with Crippen molar-refractivity contribution in [3.63, 3.8) is 0 Å². The fraction of sp³-hybridized carbons (Fsp3) is 0.125. The van der Waals surface area contributed by atoms with Gasteiger partial charge in [0.2, 0.25) is 11.8 Å². The van der Waals surface area contributed by atoms with Crippen LogP contribution in [0.5, 0.6) is 0 Å². The first kappa shape index (κ1) is 21.1. The quantitative estimate of drug-likeness (QED) is 0.544. The van der Waals surface area contributed by atoms with Crippen LogP contribution in [0, 0.1) is 6.92 Å². The summed E-state index contributed by atoms with van der Waals surface area (Å²) in [5.41, 5.74) is 4.05. The first-order valence-electron chi connectivity index (χ1n) is 9.70. The molecule has 4 rings (SSSR count).